The van der Waals surface area contributed by atoms with Crippen molar-refractivity contribution in [3.05, 3.63) is 149 Å². The van der Waals surface area contributed by atoms with Gasteiger partial charge in [-0.2, -0.15) is 0 Å². The van der Waals surface area contributed by atoms with Crippen molar-refractivity contribution >= 4 is 78.0 Å². The first-order valence-electron chi connectivity index (χ1n) is 24.8. The van der Waals surface area contributed by atoms with Crippen LogP contribution in [0.4, 0.5) is 34.1 Å². The van der Waals surface area contributed by atoms with E-state index in [9.17, 15) is 0 Å². The number of anilines is 6. The van der Waals surface area contributed by atoms with Crippen LogP contribution in [0.15, 0.2) is 115 Å². The van der Waals surface area contributed by atoms with E-state index in [1.54, 1.807) is 0 Å². The van der Waals surface area contributed by atoms with Crippen molar-refractivity contribution in [2.75, 3.05) is 9.80 Å². The van der Waals surface area contributed by atoms with Crippen molar-refractivity contribution in [3.63, 3.8) is 0 Å². The second-order valence-corrected chi connectivity index (χ2v) is 26.3. The Kier molecular flexibility index (Phi) is 9.39. The standard InChI is InChI=1S/C62H69BN2S/c1-57(2,3)40-21-18-22-42(33-40)64-50-34-41(58(4,5)6)23-26-49(50)63-54-51(64)31-39(38-19-16-15-17-20-38)32-52(54)65(43-24-25-45-46(35-43)60(9,10)28-27-59(45,7)8)55-44-36-47-48(37-53(44)66-56(55)63)62(13,14)30-29-61(47,11)12/h15-26,31-37H,27-30H2,1-14H3. The van der Waals surface area contributed by atoms with E-state index in [2.05, 4.69) is 233 Å². The van der Waals surface area contributed by atoms with Crippen molar-refractivity contribution in [3.8, 4) is 11.1 Å². The van der Waals surface area contributed by atoms with Gasteiger partial charge in [-0.3, -0.25) is 0 Å². The number of fused-ring (bicyclic) bond motifs is 8. The normalized spacial score (nSPS) is 18.6. The van der Waals surface area contributed by atoms with Crippen molar-refractivity contribution in [2.45, 2.75) is 155 Å². The van der Waals surface area contributed by atoms with Crippen LogP contribution in [0.25, 0.3) is 21.2 Å². The molecular weight excluding hydrogens is 816 g/mol. The molecule has 2 aliphatic heterocycles. The fourth-order valence-electron chi connectivity index (χ4n) is 12.2. The molecule has 336 valence electrons. The van der Waals surface area contributed by atoms with Gasteiger partial charge < -0.3 is 9.80 Å². The summed E-state index contributed by atoms with van der Waals surface area (Å²) in [6.07, 6.45) is 4.77. The molecule has 2 aliphatic carbocycles. The lowest BCUT2D eigenvalue weighted by atomic mass is 9.36. The Morgan fingerprint density at radius 3 is 1.67 bits per heavy atom. The topological polar surface area (TPSA) is 6.48 Å². The van der Waals surface area contributed by atoms with Crippen LogP contribution in [0.2, 0.25) is 0 Å². The SMILES string of the molecule is CC(C)(C)c1cccc(N2c3cc(C(C)(C)C)ccc3B3c4sc5cc6c(cc5c4N(c4ccc5c(c4)C(C)(C)CCC5(C)C)c4cc(-c5ccccc5)cc2c43)C(C)(C)CCC6(C)C)c1. The summed E-state index contributed by atoms with van der Waals surface area (Å²) in [5, 5.41) is 1.39. The number of hydrogen-bond acceptors (Lipinski definition) is 3. The van der Waals surface area contributed by atoms with Crippen molar-refractivity contribution in [1.82, 2.24) is 0 Å². The summed E-state index contributed by atoms with van der Waals surface area (Å²) < 4.78 is 2.86. The highest BCUT2D eigenvalue weighted by molar-refractivity contribution is 7.33. The van der Waals surface area contributed by atoms with Crippen LogP contribution < -0.4 is 25.5 Å². The van der Waals surface area contributed by atoms with Gasteiger partial charge in [0.1, 0.15) is 0 Å². The Morgan fingerprint density at radius 2 is 1.03 bits per heavy atom. The van der Waals surface area contributed by atoms with E-state index in [1.807, 2.05) is 0 Å². The van der Waals surface area contributed by atoms with Gasteiger partial charge in [0, 0.05) is 43.3 Å². The van der Waals surface area contributed by atoms with E-state index in [-0.39, 0.29) is 39.2 Å². The second kappa shape index (κ2) is 14.2. The predicted molar refractivity (Wildman–Crippen MR) is 289 cm³/mol. The molecule has 0 N–H and O–H groups in total. The minimum atomic E-state index is -0.0229. The Morgan fingerprint density at radius 1 is 0.470 bits per heavy atom. The smallest absolute Gasteiger partial charge is 0.264 e. The maximum Gasteiger partial charge on any atom is 0.264 e. The molecule has 0 unspecified atom stereocenters. The minimum Gasteiger partial charge on any atom is -0.311 e. The summed E-state index contributed by atoms with van der Waals surface area (Å²) in [5.41, 5.74) is 22.1. The molecule has 2 nitrogen and oxygen atoms in total. The molecule has 1 aromatic heterocycles. The second-order valence-electron chi connectivity index (χ2n) is 25.2. The third-order valence-electron chi connectivity index (χ3n) is 16.7. The van der Waals surface area contributed by atoms with E-state index in [0.29, 0.717) is 0 Å². The van der Waals surface area contributed by atoms with E-state index in [4.69, 9.17) is 0 Å². The zero-order valence-electron chi connectivity index (χ0n) is 42.2. The first kappa shape index (κ1) is 43.5. The van der Waals surface area contributed by atoms with Crippen LogP contribution in [0, 0.1) is 0 Å². The summed E-state index contributed by atoms with van der Waals surface area (Å²) >= 11 is 2.06. The molecular formula is C62H69BN2S. The molecule has 0 spiro atoms. The monoisotopic (exact) mass is 885 g/mol. The number of rotatable bonds is 3. The van der Waals surface area contributed by atoms with Crippen molar-refractivity contribution in [1.29, 1.82) is 0 Å². The van der Waals surface area contributed by atoms with Gasteiger partial charge in [0.2, 0.25) is 0 Å². The van der Waals surface area contributed by atoms with Crippen molar-refractivity contribution in [2.24, 2.45) is 0 Å². The maximum atomic E-state index is 2.74. The quantitative estimate of drug-likeness (QED) is 0.163. The highest BCUT2D eigenvalue weighted by Crippen LogP contribution is 2.55. The van der Waals surface area contributed by atoms with Gasteiger partial charge in [0.15, 0.2) is 0 Å². The van der Waals surface area contributed by atoms with Gasteiger partial charge in [0.25, 0.3) is 6.71 Å². The average Bonchev–Trinajstić information content (AvgIpc) is 3.64. The predicted octanol–water partition coefficient (Wildman–Crippen LogP) is 15.9. The Hall–Kier alpha value is -5.06. The number of hydrogen-bond donors (Lipinski definition) is 0. The van der Waals surface area contributed by atoms with Gasteiger partial charge in [-0.05, 0) is 168 Å². The molecule has 4 aliphatic rings. The number of benzene rings is 6. The minimum absolute atomic E-state index is 0.00437. The zero-order valence-corrected chi connectivity index (χ0v) is 43.0. The first-order chi connectivity index (χ1) is 30.9. The van der Waals surface area contributed by atoms with Gasteiger partial charge in [-0.1, -0.05) is 158 Å². The molecule has 0 bridgehead atoms. The summed E-state index contributed by atoms with van der Waals surface area (Å²) in [6, 6.07) is 45.9. The Balaban J connectivity index is 1.30. The van der Waals surface area contributed by atoms with E-state index in [0.717, 1.165) is 0 Å². The Bertz CT molecular complexity index is 3130. The van der Waals surface area contributed by atoms with Gasteiger partial charge in [0.05, 0.1) is 5.69 Å². The third kappa shape index (κ3) is 6.62. The van der Waals surface area contributed by atoms with Crippen molar-refractivity contribution < 1.29 is 0 Å². The molecule has 0 fully saturated rings. The molecule has 0 amide bonds. The van der Waals surface area contributed by atoms with E-state index < -0.39 is 0 Å². The maximum absolute atomic E-state index is 2.74. The van der Waals surface area contributed by atoms with Gasteiger partial charge in [-0.25, -0.2) is 0 Å². The molecule has 66 heavy (non-hydrogen) atoms. The highest BCUT2D eigenvalue weighted by Gasteiger charge is 2.48. The highest BCUT2D eigenvalue weighted by atomic mass is 32.1. The van der Waals surface area contributed by atoms with Crippen LogP contribution in [-0.4, -0.2) is 6.71 Å². The lowest BCUT2D eigenvalue weighted by Gasteiger charge is -2.45. The molecule has 7 aromatic rings. The zero-order chi connectivity index (χ0) is 46.7. The molecule has 6 aromatic carbocycles. The molecule has 0 saturated heterocycles. The molecule has 0 atom stereocenters. The van der Waals surface area contributed by atoms with Gasteiger partial charge >= 0.3 is 0 Å². The lowest BCUT2D eigenvalue weighted by molar-refractivity contribution is 0.332. The number of thiophene rings is 1. The third-order valence-corrected chi connectivity index (χ3v) is 17.9. The van der Waals surface area contributed by atoms with Crippen LogP contribution in [-0.2, 0) is 32.5 Å². The molecule has 0 radical (unpaired) electrons. The largest absolute Gasteiger partial charge is 0.311 e. The molecule has 3 heterocycles. The van der Waals surface area contributed by atoms with E-state index >= 15 is 0 Å². The lowest BCUT2D eigenvalue weighted by Crippen LogP contribution is -2.60. The number of nitrogens with zero attached hydrogens (tertiary/aromatic N) is 2. The summed E-state index contributed by atoms with van der Waals surface area (Å²) in [5.74, 6) is 0. The average molecular weight is 885 g/mol. The molecule has 0 saturated carbocycles. The van der Waals surface area contributed by atoms with Gasteiger partial charge in [-0.15, -0.1) is 11.3 Å². The summed E-state index contributed by atoms with van der Waals surface area (Å²) in [6.45, 7) is 33.9. The molecule has 11 rings (SSSR count). The first-order valence-corrected chi connectivity index (χ1v) is 25.6. The summed E-state index contributed by atoms with van der Waals surface area (Å²) in [7, 11) is 0. The van der Waals surface area contributed by atoms with Crippen LogP contribution in [0.3, 0.4) is 0 Å². The van der Waals surface area contributed by atoms with Crippen LogP contribution in [0.5, 0.6) is 0 Å². The fourth-order valence-corrected chi connectivity index (χ4v) is 13.5. The Labute approximate surface area is 400 Å². The fraction of sp³-hybridized carbons (Fsp3) is 0.387. The van der Waals surface area contributed by atoms with Crippen LogP contribution >= 0.6 is 11.3 Å². The van der Waals surface area contributed by atoms with Crippen LogP contribution in [0.1, 0.15) is 156 Å². The molecule has 4 heteroatoms. The summed E-state index contributed by atoms with van der Waals surface area (Å²) in [4.78, 5) is 5.37. The van der Waals surface area contributed by atoms with E-state index in [1.165, 1.54) is 130 Å².